The van der Waals surface area contributed by atoms with Gasteiger partial charge in [0.15, 0.2) is 5.69 Å². The van der Waals surface area contributed by atoms with E-state index in [1.165, 1.54) is 12.1 Å². The fourth-order valence-corrected chi connectivity index (χ4v) is 2.57. The minimum absolute atomic E-state index is 0.147. The number of carbonyl (C=O) groups excluding carboxylic acids is 1. The summed E-state index contributed by atoms with van der Waals surface area (Å²) in [5.41, 5.74) is 0.477. The summed E-state index contributed by atoms with van der Waals surface area (Å²) in [6, 6.07) is 5.07. The fraction of sp³-hybridized carbons (Fsp3) is 0.400. The van der Waals surface area contributed by atoms with Crippen LogP contribution in [0.4, 0.5) is 18.9 Å². The Labute approximate surface area is 141 Å². The Morgan fingerprint density at radius 2 is 1.92 bits per heavy atom. The number of piperidine rings is 1. The average molecular weight is 355 g/mol. The van der Waals surface area contributed by atoms with Gasteiger partial charge in [0.05, 0.1) is 12.2 Å². The number of carbonyl (C=O) groups is 1. The van der Waals surface area contributed by atoms with Gasteiger partial charge < -0.3 is 15.4 Å². The van der Waals surface area contributed by atoms with E-state index in [1.54, 1.807) is 10.9 Å². The third-order valence-electron chi connectivity index (χ3n) is 3.77. The van der Waals surface area contributed by atoms with E-state index in [2.05, 4.69) is 25.7 Å². The van der Waals surface area contributed by atoms with Gasteiger partial charge in [0.2, 0.25) is 0 Å². The van der Waals surface area contributed by atoms with Gasteiger partial charge in [-0.1, -0.05) is 5.21 Å². The van der Waals surface area contributed by atoms with Crippen LogP contribution in [0.5, 0.6) is 5.75 Å². The molecular weight excluding hydrogens is 339 g/mol. The molecule has 1 aliphatic rings. The quantitative estimate of drug-likeness (QED) is 0.880. The number of alkyl halides is 3. The van der Waals surface area contributed by atoms with Crippen LogP contribution in [0, 0.1) is 0 Å². The van der Waals surface area contributed by atoms with Crippen LogP contribution in [-0.4, -0.2) is 40.4 Å². The summed E-state index contributed by atoms with van der Waals surface area (Å²) in [6.45, 7) is 1.77. The van der Waals surface area contributed by atoms with E-state index in [0.717, 1.165) is 38.1 Å². The Morgan fingerprint density at radius 3 is 2.56 bits per heavy atom. The smallest absolute Gasteiger partial charge is 0.406 e. The van der Waals surface area contributed by atoms with Crippen LogP contribution in [0.15, 0.2) is 30.5 Å². The summed E-state index contributed by atoms with van der Waals surface area (Å²) in [5, 5.41) is 13.7. The summed E-state index contributed by atoms with van der Waals surface area (Å²) in [5.74, 6) is -0.841. The lowest BCUT2D eigenvalue weighted by atomic mass is 10.1. The van der Waals surface area contributed by atoms with Crippen molar-refractivity contribution in [2.24, 2.45) is 0 Å². The SMILES string of the molecule is O=C(Nc1ccc(OC(F)(F)F)cc1)c1cn(C2CCNCC2)nn1. The average Bonchev–Trinajstić information content (AvgIpc) is 3.06. The van der Waals surface area contributed by atoms with Crippen molar-refractivity contribution in [3.8, 4) is 5.75 Å². The number of ether oxygens (including phenoxy) is 1. The van der Waals surface area contributed by atoms with Crippen molar-refractivity contribution in [2.75, 3.05) is 18.4 Å². The fourth-order valence-electron chi connectivity index (χ4n) is 2.57. The van der Waals surface area contributed by atoms with Crippen LogP contribution >= 0.6 is 0 Å². The summed E-state index contributed by atoms with van der Waals surface area (Å²) < 4.78 is 41.8. The van der Waals surface area contributed by atoms with Gasteiger partial charge >= 0.3 is 6.36 Å². The van der Waals surface area contributed by atoms with Gasteiger partial charge in [-0.3, -0.25) is 4.79 Å². The topological polar surface area (TPSA) is 81.1 Å². The Kier molecular flexibility index (Phi) is 4.88. The molecule has 0 aliphatic carbocycles. The van der Waals surface area contributed by atoms with E-state index in [1.807, 2.05) is 0 Å². The van der Waals surface area contributed by atoms with Gasteiger partial charge in [-0.2, -0.15) is 0 Å². The van der Waals surface area contributed by atoms with Crippen molar-refractivity contribution in [1.29, 1.82) is 0 Å². The van der Waals surface area contributed by atoms with Crippen molar-refractivity contribution in [1.82, 2.24) is 20.3 Å². The highest BCUT2D eigenvalue weighted by Crippen LogP contribution is 2.24. The zero-order valence-electron chi connectivity index (χ0n) is 13.1. The molecule has 1 amide bonds. The van der Waals surface area contributed by atoms with Gasteiger partial charge in [-0.05, 0) is 50.2 Å². The molecule has 1 aromatic heterocycles. The van der Waals surface area contributed by atoms with E-state index < -0.39 is 12.3 Å². The molecule has 134 valence electrons. The summed E-state index contributed by atoms with van der Waals surface area (Å²) >= 11 is 0. The van der Waals surface area contributed by atoms with Crippen molar-refractivity contribution in [3.05, 3.63) is 36.2 Å². The molecule has 0 radical (unpaired) electrons. The number of rotatable bonds is 4. The Balaban J connectivity index is 1.61. The standard InChI is InChI=1S/C15H16F3N5O2/c16-15(17,18)25-12-3-1-10(2-4-12)20-14(24)13-9-23(22-21-13)11-5-7-19-8-6-11/h1-4,9,11,19H,5-8H2,(H,20,24). The van der Waals surface area contributed by atoms with Crippen LogP contribution in [0.2, 0.25) is 0 Å². The van der Waals surface area contributed by atoms with E-state index in [-0.39, 0.29) is 17.5 Å². The molecule has 1 fully saturated rings. The Hall–Kier alpha value is -2.62. The first kappa shape index (κ1) is 17.2. The van der Waals surface area contributed by atoms with Gasteiger partial charge in [0, 0.05) is 5.69 Å². The lowest BCUT2D eigenvalue weighted by Crippen LogP contribution is -2.29. The normalized spacial score (nSPS) is 15.8. The lowest BCUT2D eigenvalue weighted by Gasteiger charge is -2.22. The predicted molar refractivity (Wildman–Crippen MR) is 82.2 cm³/mol. The molecular formula is C15H16F3N5O2. The minimum atomic E-state index is -4.75. The third-order valence-corrected chi connectivity index (χ3v) is 3.77. The molecule has 0 atom stereocenters. The van der Waals surface area contributed by atoms with Gasteiger partial charge in [0.1, 0.15) is 5.75 Å². The molecule has 10 heteroatoms. The molecule has 2 N–H and O–H groups in total. The first-order valence-corrected chi connectivity index (χ1v) is 7.70. The largest absolute Gasteiger partial charge is 0.573 e. The second-order valence-corrected chi connectivity index (χ2v) is 5.59. The number of aromatic nitrogens is 3. The minimum Gasteiger partial charge on any atom is -0.406 e. The van der Waals surface area contributed by atoms with Gasteiger partial charge in [-0.15, -0.1) is 18.3 Å². The van der Waals surface area contributed by atoms with Crippen LogP contribution < -0.4 is 15.4 Å². The molecule has 0 spiro atoms. The zero-order valence-corrected chi connectivity index (χ0v) is 13.1. The van der Waals surface area contributed by atoms with E-state index in [0.29, 0.717) is 5.69 Å². The molecule has 1 aliphatic heterocycles. The van der Waals surface area contributed by atoms with Gasteiger partial charge in [-0.25, -0.2) is 4.68 Å². The third kappa shape index (κ3) is 4.69. The number of halogens is 3. The molecule has 1 saturated heterocycles. The highest BCUT2D eigenvalue weighted by atomic mass is 19.4. The monoisotopic (exact) mass is 355 g/mol. The molecule has 2 aromatic rings. The summed E-state index contributed by atoms with van der Waals surface area (Å²) in [6.07, 6.45) is -1.36. The maximum absolute atomic E-state index is 12.2. The van der Waals surface area contributed by atoms with E-state index in [4.69, 9.17) is 0 Å². The number of hydrogen-bond acceptors (Lipinski definition) is 5. The first-order chi connectivity index (χ1) is 11.9. The molecule has 0 unspecified atom stereocenters. The van der Waals surface area contributed by atoms with Crippen molar-refractivity contribution < 1.29 is 22.7 Å². The van der Waals surface area contributed by atoms with Crippen molar-refractivity contribution in [2.45, 2.75) is 25.2 Å². The maximum Gasteiger partial charge on any atom is 0.573 e. The second-order valence-electron chi connectivity index (χ2n) is 5.59. The second kappa shape index (κ2) is 7.09. The van der Waals surface area contributed by atoms with Crippen molar-refractivity contribution in [3.63, 3.8) is 0 Å². The number of nitrogens with one attached hydrogen (secondary N) is 2. The number of benzene rings is 1. The molecule has 1 aromatic carbocycles. The van der Waals surface area contributed by atoms with Crippen LogP contribution in [0.3, 0.4) is 0 Å². The first-order valence-electron chi connectivity index (χ1n) is 7.70. The number of nitrogens with zero attached hydrogens (tertiary/aromatic N) is 3. The highest BCUT2D eigenvalue weighted by Gasteiger charge is 2.31. The molecule has 0 bridgehead atoms. The van der Waals surface area contributed by atoms with Crippen LogP contribution in [-0.2, 0) is 0 Å². The molecule has 7 nitrogen and oxygen atoms in total. The van der Waals surface area contributed by atoms with E-state index >= 15 is 0 Å². The Bertz CT molecular complexity index is 724. The molecule has 3 rings (SSSR count). The summed E-state index contributed by atoms with van der Waals surface area (Å²) in [7, 11) is 0. The summed E-state index contributed by atoms with van der Waals surface area (Å²) in [4.78, 5) is 12.2. The molecule has 0 saturated carbocycles. The molecule has 2 heterocycles. The van der Waals surface area contributed by atoms with E-state index in [9.17, 15) is 18.0 Å². The van der Waals surface area contributed by atoms with Crippen molar-refractivity contribution >= 4 is 11.6 Å². The highest BCUT2D eigenvalue weighted by molar-refractivity contribution is 6.02. The number of hydrogen-bond donors (Lipinski definition) is 2. The maximum atomic E-state index is 12.2. The lowest BCUT2D eigenvalue weighted by molar-refractivity contribution is -0.274. The number of anilines is 1. The van der Waals surface area contributed by atoms with Crippen LogP contribution in [0.25, 0.3) is 0 Å². The van der Waals surface area contributed by atoms with Gasteiger partial charge in [0.25, 0.3) is 5.91 Å². The van der Waals surface area contributed by atoms with Crippen LogP contribution in [0.1, 0.15) is 29.4 Å². The number of amides is 1. The zero-order chi connectivity index (χ0) is 17.9. The predicted octanol–water partition coefficient (Wildman–Crippen LogP) is 2.35. The molecule has 25 heavy (non-hydrogen) atoms. The Morgan fingerprint density at radius 1 is 1.24 bits per heavy atom.